The van der Waals surface area contributed by atoms with Crippen molar-refractivity contribution in [1.29, 1.82) is 0 Å². The summed E-state index contributed by atoms with van der Waals surface area (Å²) in [6, 6.07) is 4.29. The summed E-state index contributed by atoms with van der Waals surface area (Å²) in [6.07, 6.45) is 4.56. The van der Waals surface area contributed by atoms with Gasteiger partial charge in [-0.05, 0) is 36.8 Å². The summed E-state index contributed by atoms with van der Waals surface area (Å²) in [5.41, 5.74) is 2.53. The molecular formula is C16H23NO. The highest BCUT2D eigenvalue weighted by atomic mass is 16.5. The maximum absolute atomic E-state index is 6.10. The number of rotatable bonds is 2. The average molecular weight is 245 g/mol. The second kappa shape index (κ2) is 3.97. The molecule has 0 amide bonds. The predicted molar refractivity (Wildman–Crippen MR) is 72.9 cm³/mol. The second-order valence-corrected chi connectivity index (χ2v) is 6.93. The summed E-state index contributed by atoms with van der Waals surface area (Å²) in [4.78, 5) is 4.53. The topological polar surface area (TPSA) is 22.1 Å². The first kappa shape index (κ1) is 12.0. The van der Waals surface area contributed by atoms with E-state index in [0.717, 1.165) is 23.4 Å². The number of pyridine rings is 1. The predicted octanol–water partition coefficient (Wildman–Crippen LogP) is 3.86. The van der Waals surface area contributed by atoms with Crippen LogP contribution in [-0.4, -0.2) is 11.1 Å². The Kier molecular flexibility index (Phi) is 2.65. The Balaban J connectivity index is 1.78. The fraction of sp³-hybridized carbons (Fsp3) is 0.688. The minimum atomic E-state index is 0.158. The van der Waals surface area contributed by atoms with Gasteiger partial charge < -0.3 is 4.74 Å². The van der Waals surface area contributed by atoms with E-state index in [2.05, 4.69) is 44.8 Å². The van der Waals surface area contributed by atoms with Crippen molar-refractivity contribution in [1.82, 2.24) is 4.98 Å². The summed E-state index contributed by atoms with van der Waals surface area (Å²) in [7, 11) is 0. The molecule has 0 aromatic carbocycles. The number of aryl methyl sites for hydroxylation is 1. The molecule has 0 aliphatic heterocycles. The maximum Gasteiger partial charge on any atom is 0.214 e. The van der Waals surface area contributed by atoms with E-state index in [1.165, 1.54) is 24.8 Å². The van der Waals surface area contributed by atoms with Crippen molar-refractivity contribution in [3.63, 3.8) is 0 Å². The van der Waals surface area contributed by atoms with Gasteiger partial charge in [-0.15, -0.1) is 0 Å². The van der Waals surface area contributed by atoms with Crippen molar-refractivity contribution in [2.24, 2.45) is 11.8 Å². The SMILES string of the molecule is Cc1cc(C(C)(C)C)cc(OC2[C@H]3CCC[C@@H]23)n1. The molecule has 2 fully saturated rings. The van der Waals surface area contributed by atoms with E-state index >= 15 is 0 Å². The van der Waals surface area contributed by atoms with Gasteiger partial charge in [0.25, 0.3) is 0 Å². The standard InChI is InChI=1S/C16H23NO/c1-10-8-11(16(2,3)4)9-14(17-10)18-15-12-6-5-7-13(12)15/h8-9,12-13,15H,5-7H2,1-4H3/t12-,13+,15?. The van der Waals surface area contributed by atoms with Crippen molar-refractivity contribution in [3.8, 4) is 5.88 Å². The summed E-state index contributed by atoms with van der Waals surface area (Å²) < 4.78 is 6.10. The third-order valence-electron chi connectivity index (χ3n) is 4.38. The van der Waals surface area contributed by atoms with Gasteiger partial charge in [-0.1, -0.05) is 27.2 Å². The zero-order valence-corrected chi connectivity index (χ0v) is 11.9. The smallest absolute Gasteiger partial charge is 0.214 e. The van der Waals surface area contributed by atoms with Crippen molar-refractivity contribution < 1.29 is 4.74 Å². The zero-order chi connectivity index (χ0) is 12.9. The molecule has 2 saturated carbocycles. The fourth-order valence-electron chi connectivity index (χ4n) is 3.20. The molecule has 2 heteroatoms. The molecule has 0 radical (unpaired) electrons. The van der Waals surface area contributed by atoms with Crippen LogP contribution in [-0.2, 0) is 5.41 Å². The Labute approximate surface area is 110 Å². The Morgan fingerprint density at radius 2 is 1.83 bits per heavy atom. The minimum Gasteiger partial charge on any atom is -0.474 e. The lowest BCUT2D eigenvalue weighted by atomic mass is 9.87. The highest BCUT2D eigenvalue weighted by Gasteiger charge is 2.55. The molecule has 3 rings (SSSR count). The third kappa shape index (κ3) is 2.13. The quantitative estimate of drug-likeness (QED) is 0.789. The lowest BCUT2D eigenvalue weighted by Gasteiger charge is -2.20. The van der Waals surface area contributed by atoms with Crippen LogP contribution in [0.5, 0.6) is 5.88 Å². The lowest BCUT2D eigenvalue weighted by molar-refractivity contribution is 0.247. The van der Waals surface area contributed by atoms with E-state index in [1.807, 2.05) is 0 Å². The fourth-order valence-corrected chi connectivity index (χ4v) is 3.20. The van der Waals surface area contributed by atoms with Gasteiger partial charge in [0.05, 0.1) is 0 Å². The average Bonchev–Trinajstić information content (AvgIpc) is 2.73. The highest BCUT2D eigenvalue weighted by molar-refractivity contribution is 5.30. The Morgan fingerprint density at radius 1 is 1.17 bits per heavy atom. The van der Waals surface area contributed by atoms with E-state index in [1.54, 1.807) is 0 Å². The minimum absolute atomic E-state index is 0.158. The van der Waals surface area contributed by atoms with Crippen LogP contribution in [0.3, 0.4) is 0 Å². The van der Waals surface area contributed by atoms with Crippen molar-refractivity contribution in [3.05, 3.63) is 23.4 Å². The molecule has 18 heavy (non-hydrogen) atoms. The van der Waals surface area contributed by atoms with Crippen molar-refractivity contribution >= 4 is 0 Å². The molecule has 2 aliphatic carbocycles. The number of aromatic nitrogens is 1. The number of nitrogens with zero attached hydrogens (tertiary/aromatic N) is 1. The normalized spacial score (nSPS) is 30.1. The molecular weight excluding hydrogens is 222 g/mol. The number of fused-ring (bicyclic) bond motifs is 1. The van der Waals surface area contributed by atoms with Crippen LogP contribution in [0.15, 0.2) is 12.1 Å². The first-order chi connectivity index (χ1) is 8.45. The third-order valence-corrected chi connectivity index (χ3v) is 4.38. The van der Waals surface area contributed by atoms with Gasteiger partial charge in [0, 0.05) is 23.6 Å². The molecule has 1 heterocycles. The van der Waals surface area contributed by atoms with Crippen LogP contribution in [0.1, 0.15) is 51.3 Å². The molecule has 1 aromatic rings. The first-order valence-corrected chi connectivity index (χ1v) is 7.11. The summed E-state index contributed by atoms with van der Waals surface area (Å²) in [5.74, 6) is 2.48. The Bertz CT molecular complexity index is 451. The molecule has 0 spiro atoms. The van der Waals surface area contributed by atoms with Crippen molar-refractivity contribution in [2.45, 2.75) is 58.5 Å². The Hall–Kier alpha value is -1.05. The number of hydrogen-bond acceptors (Lipinski definition) is 2. The van der Waals surface area contributed by atoms with E-state index in [4.69, 9.17) is 4.74 Å². The van der Waals surface area contributed by atoms with E-state index in [0.29, 0.717) is 6.10 Å². The molecule has 1 aromatic heterocycles. The molecule has 0 bridgehead atoms. The second-order valence-electron chi connectivity index (χ2n) is 6.93. The lowest BCUT2D eigenvalue weighted by Crippen LogP contribution is -2.13. The van der Waals surface area contributed by atoms with Gasteiger partial charge in [-0.2, -0.15) is 0 Å². The Morgan fingerprint density at radius 3 is 2.44 bits per heavy atom. The van der Waals surface area contributed by atoms with Gasteiger partial charge in [-0.3, -0.25) is 0 Å². The first-order valence-electron chi connectivity index (χ1n) is 7.11. The van der Waals surface area contributed by atoms with Crippen molar-refractivity contribution in [2.75, 3.05) is 0 Å². The molecule has 3 atom stereocenters. The highest BCUT2D eigenvalue weighted by Crippen LogP contribution is 2.53. The molecule has 98 valence electrons. The summed E-state index contributed by atoms with van der Waals surface area (Å²) >= 11 is 0. The van der Waals surface area contributed by atoms with Crippen LogP contribution in [0.2, 0.25) is 0 Å². The van der Waals surface area contributed by atoms with Gasteiger partial charge in [0.2, 0.25) is 5.88 Å². The van der Waals surface area contributed by atoms with E-state index in [-0.39, 0.29) is 5.41 Å². The molecule has 0 saturated heterocycles. The van der Waals surface area contributed by atoms with Crippen LogP contribution < -0.4 is 4.74 Å². The van der Waals surface area contributed by atoms with E-state index < -0.39 is 0 Å². The summed E-state index contributed by atoms with van der Waals surface area (Å²) in [5, 5.41) is 0. The largest absolute Gasteiger partial charge is 0.474 e. The van der Waals surface area contributed by atoms with Crippen LogP contribution in [0, 0.1) is 18.8 Å². The maximum atomic E-state index is 6.10. The molecule has 1 unspecified atom stereocenters. The molecule has 0 N–H and O–H groups in total. The van der Waals surface area contributed by atoms with Crippen LogP contribution in [0.25, 0.3) is 0 Å². The number of ether oxygens (including phenoxy) is 1. The van der Waals surface area contributed by atoms with Gasteiger partial charge in [0.1, 0.15) is 6.10 Å². The molecule has 2 nitrogen and oxygen atoms in total. The van der Waals surface area contributed by atoms with Gasteiger partial charge in [-0.25, -0.2) is 4.98 Å². The van der Waals surface area contributed by atoms with E-state index in [9.17, 15) is 0 Å². The number of hydrogen-bond donors (Lipinski definition) is 0. The van der Waals surface area contributed by atoms with Gasteiger partial charge >= 0.3 is 0 Å². The van der Waals surface area contributed by atoms with Crippen LogP contribution in [0.4, 0.5) is 0 Å². The zero-order valence-electron chi connectivity index (χ0n) is 11.9. The molecule has 2 aliphatic rings. The van der Waals surface area contributed by atoms with Gasteiger partial charge in [0.15, 0.2) is 0 Å². The monoisotopic (exact) mass is 245 g/mol. The van der Waals surface area contributed by atoms with Crippen LogP contribution >= 0.6 is 0 Å². The summed E-state index contributed by atoms with van der Waals surface area (Å²) in [6.45, 7) is 8.75.